The minimum Gasteiger partial charge on any atom is -0.497 e. The van der Waals surface area contributed by atoms with Gasteiger partial charge in [-0.15, -0.1) is 0 Å². The minimum absolute atomic E-state index is 0.0579. The molecule has 21 heavy (non-hydrogen) atoms. The Balaban J connectivity index is 2.11. The number of carbonyl (C=O) groups is 1. The Bertz CT molecular complexity index is 490. The number of hydrogen-bond donors (Lipinski definition) is 1. The maximum atomic E-state index is 12.5. The first-order chi connectivity index (χ1) is 10.2. The zero-order valence-electron chi connectivity index (χ0n) is 13.0. The van der Waals surface area contributed by atoms with Crippen molar-refractivity contribution in [2.24, 2.45) is 0 Å². The fourth-order valence-electron chi connectivity index (χ4n) is 2.84. The predicted molar refractivity (Wildman–Crippen MR) is 83.2 cm³/mol. The molecule has 1 heterocycles. The van der Waals surface area contributed by atoms with Gasteiger partial charge in [0.15, 0.2) is 0 Å². The monoisotopic (exact) mass is 292 g/mol. The first-order valence-corrected chi connectivity index (χ1v) is 7.49. The lowest BCUT2D eigenvalue weighted by atomic mass is 10.1. The Hall–Kier alpha value is -1.91. The first kappa shape index (κ1) is 15.5. The van der Waals surface area contributed by atoms with E-state index in [4.69, 9.17) is 9.47 Å². The third kappa shape index (κ3) is 3.60. The number of anilines is 1. The number of amides is 2. The number of likely N-dealkylation sites (tertiary alicyclic amines) is 1. The molecule has 116 valence electrons. The van der Waals surface area contributed by atoms with Crippen LogP contribution in [0.2, 0.25) is 0 Å². The van der Waals surface area contributed by atoms with Crippen LogP contribution in [0, 0.1) is 0 Å². The number of methoxy groups -OCH3 is 2. The van der Waals surface area contributed by atoms with E-state index in [0.717, 1.165) is 32.2 Å². The molecule has 1 saturated heterocycles. The van der Waals surface area contributed by atoms with Crippen molar-refractivity contribution >= 4 is 11.7 Å². The lowest BCUT2D eigenvalue weighted by Crippen LogP contribution is -2.38. The number of urea groups is 1. The van der Waals surface area contributed by atoms with Gasteiger partial charge >= 0.3 is 6.03 Å². The molecule has 1 N–H and O–H groups in total. The highest BCUT2D eigenvalue weighted by atomic mass is 16.5. The fraction of sp³-hybridized carbons (Fsp3) is 0.562. The number of nitrogens with one attached hydrogen (secondary N) is 1. The van der Waals surface area contributed by atoms with Gasteiger partial charge in [-0.2, -0.15) is 0 Å². The zero-order valence-corrected chi connectivity index (χ0v) is 13.0. The van der Waals surface area contributed by atoms with Gasteiger partial charge in [-0.3, -0.25) is 0 Å². The van der Waals surface area contributed by atoms with Gasteiger partial charge in [-0.25, -0.2) is 4.79 Å². The van der Waals surface area contributed by atoms with E-state index in [0.29, 0.717) is 23.2 Å². The Kier molecular flexibility index (Phi) is 5.31. The Labute approximate surface area is 126 Å². The smallest absolute Gasteiger partial charge is 0.322 e. The summed E-state index contributed by atoms with van der Waals surface area (Å²) in [6.07, 6.45) is 4.32. The highest BCUT2D eigenvalue weighted by Gasteiger charge is 2.28. The zero-order chi connectivity index (χ0) is 15.2. The average molecular weight is 292 g/mol. The molecule has 5 heteroatoms. The van der Waals surface area contributed by atoms with E-state index in [9.17, 15) is 4.79 Å². The van der Waals surface area contributed by atoms with Gasteiger partial charge in [0.05, 0.1) is 19.9 Å². The van der Waals surface area contributed by atoms with Crippen molar-refractivity contribution in [3.05, 3.63) is 18.2 Å². The molecule has 1 aromatic carbocycles. The predicted octanol–water partition coefficient (Wildman–Crippen LogP) is 3.50. The van der Waals surface area contributed by atoms with E-state index in [1.54, 1.807) is 26.4 Å². The van der Waals surface area contributed by atoms with E-state index in [1.165, 1.54) is 0 Å². The molecule has 0 aromatic heterocycles. The van der Waals surface area contributed by atoms with Crippen LogP contribution in [0.15, 0.2) is 18.2 Å². The molecule has 0 spiro atoms. The second-order valence-corrected chi connectivity index (χ2v) is 5.27. The fourth-order valence-corrected chi connectivity index (χ4v) is 2.84. The molecule has 0 bridgehead atoms. The van der Waals surface area contributed by atoms with Crippen LogP contribution in [0.4, 0.5) is 10.5 Å². The lowest BCUT2D eigenvalue weighted by Gasteiger charge is -2.25. The second-order valence-electron chi connectivity index (χ2n) is 5.27. The van der Waals surface area contributed by atoms with Gasteiger partial charge in [0.25, 0.3) is 0 Å². The normalized spacial score (nSPS) is 17.7. The third-order valence-electron chi connectivity index (χ3n) is 3.91. The lowest BCUT2D eigenvalue weighted by molar-refractivity contribution is 0.203. The van der Waals surface area contributed by atoms with Crippen LogP contribution in [0.25, 0.3) is 0 Å². The van der Waals surface area contributed by atoms with Crippen LogP contribution in [0.5, 0.6) is 11.5 Å². The molecular formula is C16H24N2O3. The standard InChI is InChI=1S/C16H24N2O3/c1-4-6-12-7-5-10-18(12)16(19)17-14-11-13(20-2)8-9-15(14)21-3/h8-9,11-12H,4-7,10H2,1-3H3,(H,17,19)/t12-/m0/s1. The van der Waals surface area contributed by atoms with Crippen molar-refractivity contribution in [2.45, 2.75) is 38.6 Å². The average Bonchev–Trinajstić information content (AvgIpc) is 2.96. The molecule has 0 unspecified atom stereocenters. The first-order valence-electron chi connectivity index (χ1n) is 7.49. The Morgan fingerprint density at radius 2 is 2.19 bits per heavy atom. The molecular weight excluding hydrogens is 268 g/mol. The highest BCUT2D eigenvalue weighted by Crippen LogP contribution is 2.30. The number of carbonyl (C=O) groups excluding carboxylic acids is 1. The molecule has 5 nitrogen and oxygen atoms in total. The minimum atomic E-state index is -0.0579. The van der Waals surface area contributed by atoms with E-state index < -0.39 is 0 Å². The van der Waals surface area contributed by atoms with Gasteiger partial charge < -0.3 is 19.7 Å². The molecule has 1 aromatic rings. The molecule has 1 fully saturated rings. The van der Waals surface area contributed by atoms with E-state index >= 15 is 0 Å². The van der Waals surface area contributed by atoms with Crippen molar-refractivity contribution in [3.63, 3.8) is 0 Å². The highest BCUT2D eigenvalue weighted by molar-refractivity contribution is 5.91. The molecule has 0 aliphatic carbocycles. The maximum Gasteiger partial charge on any atom is 0.322 e. The van der Waals surface area contributed by atoms with Crippen LogP contribution in [0.1, 0.15) is 32.6 Å². The van der Waals surface area contributed by atoms with Crippen LogP contribution in [0.3, 0.4) is 0 Å². The number of ether oxygens (including phenoxy) is 2. The van der Waals surface area contributed by atoms with Gasteiger partial charge in [0, 0.05) is 18.7 Å². The molecule has 1 atom stereocenters. The molecule has 1 aliphatic heterocycles. The second kappa shape index (κ2) is 7.20. The summed E-state index contributed by atoms with van der Waals surface area (Å²) in [7, 11) is 3.19. The molecule has 0 radical (unpaired) electrons. The van der Waals surface area contributed by atoms with Gasteiger partial charge in [0.1, 0.15) is 11.5 Å². The van der Waals surface area contributed by atoms with Gasteiger partial charge in [-0.1, -0.05) is 13.3 Å². The number of nitrogens with zero attached hydrogens (tertiary/aromatic N) is 1. The van der Waals surface area contributed by atoms with Crippen LogP contribution in [-0.4, -0.2) is 37.7 Å². The quantitative estimate of drug-likeness (QED) is 0.903. The van der Waals surface area contributed by atoms with Crippen molar-refractivity contribution in [1.82, 2.24) is 4.90 Å². The van der Waals surface area contributed by atoms with Crippen LogP contribution in [-0.2, 0) is 0 Å². The Morgan fingerprint density at radius 3 is 2.86 bits per heavy atom. The summed E-state index contributed by atoms with van der Waals surface area (Å²) in [5.41, 5.74) is 0.643. The van der Waals surface area contributed by atoms with Gasteiger partial charge in [-0.05, 0) is 31.4 Å². The van der Waals surface area contributed by atoms with E-state index in [2.05, 4.69) is 12.2 Å². The van der Waals surface area contributed by atoms with Crippen LogP contribution < -0.4 is 14.8 Å². The maximum absolute atomic E-state index is 12.5. The SMILES string of the molecule is CCC[C@H]1CCCN1C(=O)Nc1cc(OC)ccc1OC. The number of rotatable bonds is 5. The molecule has 1 aliphatic rings. The molecule has 2 amide bonds. The molecule has 0 saturated carbocycles. The largest absolute Gasteiger partial charge is 0.497 e. The van der Waals surface area contributed by atoms with Crippen molar-refractivity contribution < 1.29 is 14.3 Å². The summed E-state index contributed by atoms with van der Waals surface area (Å²) in [6.45, 7) is 2.97. The van der Waals surface area contributed by atoms with Crippen molar-refractivity contribution in [3.8, 4) is 11.5 Å². The summed E-state index contributed by atoms with van der Waals surface area (Å²) >= 11 is 0. The van der Waals surface area contributed by atoms with E-state index in [1.807, 2.05) is 11.0 Å². The van der Waals surface area contributed by atoms with Crippen LogP contribution >= 0.6 is 0 Å². The topological polar surface area (TPSA) is 50.8 Å². The van der Waals surface area contributed by atoms with Crippen molar-refractivity contribution in [1.29, 1.82) is 0 Å². The third-order valence-corrected chi connectivity index (χ3v) is 3.91. The summed E-state index contributed by atoms with van der Waals surface area (Å²) < 4.78 is 10.5. The van der Waals surface area contributed by atoms with E-state index in [-0.39, 0.29) is 6.03 Å². The van der Waals surface area contributed by atoms with Crippen molar-refractivity contribution in [2.75, 3.05) is 26.1 Å². The Morgan fingerprint density at radius 1 is 1.38 bits per heavy atom. The number of hydrogen-bond acceptors (Lipinski definition) is 3. The summed E-state index contributed by atoms with van der Waals surface area (Å²) in [4.78, 5) is 14.4. The summed E-state index contributed by atoms with van der Waals surface area (Å²) in [6, 6.07) is 5.68. The number of benzene rings is 1. The summed E-state index contributed by atoms with van der Waals surface area (Å²) in [5.74, 6) is 1.33. The van der Waals surface area contributed by atoms with Gasteiger partial charge in [0.2, 0.25) is 0 Å². The summed E-state index contributed by atoms with van der Waals surface area (Å²) in [5, 5.41) is 2.95. The molecule has 2 rings (SSSR count).